The van der Waals surface area contributed by atoms with Crippen molar-refractivity contribution in [3.8, 4) is 0 Å². The highest BCUT2D eigenvalue weighted by molar-refractivity contribution is 7.89. The molecule has 0 unspecified atom stereocenters. The van der Waals surface area contributed by atoms with E-state index in [4.69, 9.17) is 0 Å². The smallest absolute Gasteiger partial charge is 0.254 e. The van der Waals surface area contributed by atoms with Crippen molar-refractivity contribution in [2.45, 2.75) is 18.7 Å². The Morgan fingerprint density at radius 1 is 1.00 bits per heavy atom. The summed E-state index contributed by atoms with van der Waals surface area (Å²) >= 11 is 0. The number of nitrogens with one attached hydrogen (secondary N) is 1. The van der Waals surface area contributed by atoms with E-state index in [9.17, 15) is 13.2 Å². The van der Waals surface area contributed by atoms with E-state index in [0.29, 0.717) is 31.1 Å². The van der Waals surface area contributed by atoms with E-state index in [0.717, 1.165) is 16.8 Å². The number of aryl methyl sites for hydroxylation is 1. The quantitative estimate of drug-likeness (QED) is 0.578. The zero-order valence-electron chi connectivity index (χ0n) is 16.7. The number of rotatable bonds is 6. The van der Waals surface area contributed by atoms with Gasteiger partial charge in [0.2, 0.25) is 10.0 Å². The molecule has 1 heterocycles. The Morgan fingerprint density at radius 3 is 2.24 bits per heavy atom. The van der Waals surface area contributed by atoms with Gasteiger partial charge in [0.15, 0.2) is 0 Å². The van der Waals surface area contributed by atoms with E-state index in [1.807, 2.05) is 49.1 Å². The number of hydrogen-bond acceptors (Lipinski definition) is 5. The molecule has 2 aromatic carbocycles. The van der Waals surface area contributed by atoms with Gasteiger partial charge in [0.25, 0.3) is 5.91 Å². The van der Waals surface area contributed by atoms with Crippen LogP contribution in [0.15, 0.2) is 64.6 Å². The van der Waals surface area contributed by atoms with E-state index in [1.165, 1.54) is 4.31 Å². The second kappa shape index (κ2) is 9.30. The van der Waals surface area contributed by atoms with Crippen molar-refractivity contribution in [1.82, 2.24) is 14.6 Å². The number of benzene rings is 2. The fraction of sp³-hybridized carbons (Fsp3) is 0.333. The molecule has 0 bridgehead atoms. The lowest BCUT2D eigenvalue weighted by Crippen LogP contribution is -2.50. The molecule has 0 aromatic heterocycles. The molecule has 0 aliphatic carbocycles. The number of carbonyl (C=O) groups excluding carboxylic acids is 1. The number of nitrogens with zero attached hydrogens (tertiary/aromatic N) is 3. The van der Waals surface area contributed by atoms with Crippen LogP contribution < -0.4 is 5.43 Å². The van der Waals surface area contributed by atoms with Crippen LogP contribution in [0.3, 0.4) is 0 Å². The van der Waals surface area contributed by atoms with Crippen LogP contribution in [0, 0.1) is 6.92 Å². The highest BCUT2D eigenvalue weighted by atomic mass is 32.2. The maximum atomic E-state index is 12.7. The van der Waals surface area contributed by atoms with Gasteiger partial charge in [-0.15, -0.1) is 0 Å². The van der Waals surface area contributed by atoms with E-state index in [2.05, 4.69) is 10.5 Å². The number of hydrogen-bond donors (Lipinski definition) is 1. The summed E-state index contributed by atoms with van der Waals surface area (Å²) in [6.07, 6.45) is 0. The van der Waals surface area contributed by atoms with E-state index in [-0.39, 0.29) is 12.5 Å². The van der Waals surface area contributed by atoms with Crippen molar-refractivity contribution >= 4 is 21.6 Å². The molecule has 0 saturated carbocycles. The van der Waals surface area contributed by atoms with Crippen LogP contribution in [0.2, 0.25) is 0 Å². The average molecular weight is 415 g/mol. The van der Waals surface area contributed by atoms with Crippen molar-refractivity contribution in [3.05, 3.63) is 65.7 Å². The summed E-state index contributed by atoms with van der Waals surface area (Å²) in [4.78, 5) is 14.4. The normalized spacial score (nSPS) is 16.6. The minimum atomic E-state index is -3.50. The molecule has 1 aliphatic rings. The lowest BCUT2D eigenvalue weighted by atomic mass is 10.1. The van der Waals surface area contributed by atoms with Gasteiger partial charge in [-0.05, 0) is 31.5 Å². The van der Waals surface area contributed by atoms with Crippen LogP contribution in [0.5, 0.6) is 0 Å². The summed E-state index contributed by atoms with van der Waals surface area (Å²) in [5.41, 5.74) is 5.27. The predicted octanol–water partition coefficient (Wildman–Crippen LogP) is 1.84. The highest BCUT2D eigenvalue weighted by Gasteiger charge is 2.28. The van der Waals surface area contributed by atoms with Crippen LogP contribution in [-0.4, -0.2) is 62.0 Å². The molecule has 1 fully saturated rings. The number of piperazine rings is 1. The maximum absolute atomic E-state index is 12.7. The number of sulfonamides is 1. The van der Waals surface area contributed by atoms with Gasteiger partial charge in [-0.1, -0.05) is 48.0 Å². The molecule has 154 valence electrons. The number of amides is 1. The lowest BCUT2D eigenvalue weighted by Gasteiger charge is -2.33. The fourth-order valence-corrected chi connectivity index (χ4v) is 4.54. The monoisotopic (exact) mass is 414 g/mol. The Hall–Kier alpha value is -2.55. The minimum absolute atomic E-state index is 0.185. The van der Waals surface area contributed by atoms with Gasteiger partial charge >= 0.3 is 0 Å². The summed E-state index contributed by atoms with van der Waals surface area (Å²) in [6.45, 7) is 5.66. The third-order valence-electron chi connectivity index (χ3n) is 4.90. The zero-order chi connectivity index (χ0) is 20.9. The van der Waals surface area contributed by atoms with Crippen molar-refractivity contribution in [3.63, 3.8) is 0 Å². The minimum Gasteiger partial charge on any atom is -0.292 e. The molecule has 3 rings (SSSR count). The molecule has 0 spiro atoms. The SMILES string of the molecule is C/C(=N\NC(=O)CN1CCN(S(=O)(=O)c2ccc(C)cc2)CC1)c1ccccc1. The summed E-state index contributed by atoms with van der Waals surface area (Å²) in [5.74, 6) is -0.213. The Balaban J connectivity index is 1.50. The van der Waals surface area contributed by atoms with E-state index >= 15 is 0 Å². The van der Waals surface area contributed by atoms with Crippen LogP contribution in [0.25, 0.3) is 0 Å². The van der Waals surface area contributed by atoms with Crippen molar-refractivity contribution in [1.29, 1.82) is 0 Å². The fourth-order valence-electron chi connectivity index (χ4n) is 3.12. The van der Waals surface area contributed by atoms with Gasteiger partial charge in [0.1, 0.15) is 0 Å². The molecule has 1 saturated heterocycles. The van der Waals surface area contributed by atoms with Gasteiger partial charge in [0, 0.05) is 26.2 Å². The summed E-state index contributed by atoms with van der Waals surface area (Å²) in [6, 6.07) is 16.5. The number of hydrazone groups is 1. The Labute approximate surface area is 172 Å². The van der Waals surface area contributed by atoms with Gasteiger partial charge in [-0.2, -0.15) is 9.41 Å². The summed E-state index contributed by atoms with van der Waals surface area (Å²) in [5, 5.41) is 4.14. The Bertz CT molecular complexity index is 965. The zero-order valence-corrected chi connectivity index (χ0v) is 17.5. The van der Waals surface area contributed by atoms with E-state index < -0.39 is 10.0 Å². The molecule has 0 atom stereocenters. The van der Waals surface area contributed by atoms with Crippen molar-refractivity contribution in [2.75, 3.05) is 32.7 Å². The maximum Gasteiger partial charge on any atom is 0.254 e. The van der Waals surface area contributed by atoms with Crippen LogP contribution in [0.1, 0.15) is 18.1 Å². The standard InChI is InChI=1S/C21H26N4O3S/c1-17-8-10-20(11-9-17)29(27,28)25-14-12-24(13-15-25)16-21(26)23-22-18(2)19-6-4-3-5-7-19/h3-11H,12-16H2,1-2H3,(H,23,26)/b22-18+. The van der Waals surface area contributed by atoms with Crippen LogP contribution in [-0.2, 0) is 14.8 Å². The average Bonchev–Trinajstić information content (AvgIpc) is 2.73. The third kappa shape index (κ3) is 5.50. The molecule has 1 N–H and O–H groups in total. The van der Waals surface area contributed by atoms with Crippen molar-refractivity contribution < 1.29 is 13.2 Å². The van der Waals surface area contributed by atoms with Crippen LogP contribution in [0.4, 0.5) is 0 Å². The lowest BCUT2D eigenvalue weighted by molar-refractivity contribution is -0.122. The molecule has 1 amide bonds. The third-order valence-corrected chi connectivity index (χ3v) is 6.81. The number of carbonyl (C=O) groups is 1. The molecule has 2 aromatic rings. The Morgan fingerprint density at radius 2 is 1.62 bits per heavy atom. The molecular weight excluding hydrogens is 388 g/mol. The molecule has 7 nitrogen and oxygen atoms in total. The summed E-state index contributed by atoms with van der Waals surface area (Å²) < 4.78 is 27.0. The largest absolute Gasteiger partial charge is 0.292 e. The summed E-state index contributed by atoms with van der Waals surface area (Å²) in [7, 11) is -3.50. The molecule has 0 radical (unpaired) electrons. The molecule has 1 aliphatic heterocycles. The second-order valence-corrected chi connectivity index (χ2v) is 9.03. The first kappa shape index (κ1) is 21.2. The Kier molecular flexibility index (Phi) is 6.79. The second-order valence-electron chi connectivity index (χ2n) is 7.09. The first-order valence-corrected chi connectivity index (χ1v) is 11.0. The first-order valence-electron chi connectivity index (χ1n) is 9.54. The predicted molar refractivity (Wildman–Crippen MR) is 113 cm³/mol. The topological polar surface area (TPSA) is 82.1 Å². The molecule has 29 heavy (non-hydrogen) atoms. The first-order chi connectivity index (χ1) is 13.9. The van der Waals surface area contributed by atoms with Crippen molar-refractivity contribution in [2.24, 2.45) is 5.10 Å². The molecule has 8 heteroatoms. The van der Waals surface area contributed by atoms with E-state index in [1.54, 1.807) is 24.3 Å². The van der Waals surface area contributed by atoms with Gasteiger partial charge in [-0.25, -0.2) is 13.8 Å². The van der Waals surface area contributed by atoms with Crippen LogP contribution >= 0.6 is 0 Å². The molecular formula is C21H26N4O3S. The van der Waals surface area contributed by atoms with Gasteiger partial charge in [0.05, 0.1) is 17.2 Å². The van der Waals surface area contributed by atoms with Gasteiger partial charge < -0.3 is 0 Å². The highest BCUT2D eigenvalue weighted by Crippen LogP contribution is 2.18. The van der Waals surface area contributed by atoms with Gasteiger partial charge in [-0.3, -0.25) is 9.69 Å².